The first kappa shape index (κ1) is 25.2. The Labute approximate surface area is 197 Å². The van der Waals surface area contributed by atoms with E-state index in [-0.39, 0.29) is 24.5 Å². The maximum absolute atomic E-state index is 13.7. The molecule has 0 aliphatic heterocycles. The van der Waals surface area contributed by atoms with Crippen molar-refractivity contribution in [3.63, 3.8) is 0 Å². The van der Waals surface area contributed by atoms with Gasteiger partial charge in [-0.05, 0) is 41.7 Å². The molecule has 0 aliphatic rings. The smallest absolute Gasteiger partial charge is 0.271 e. The Morgan fingerprint density at radius 1 is 1.09 bits per heavy atom. The summed E-state index contributed by atoms with van der Waals surface area (Å²) >= 11 is 0. The summed E-state index contributed by atoms with van der Waals surface area (Å²) in [5.74, 6) is -1.90. The van der Waals surface area contributed by atoms with Gasteiger partial charge in [-0.1, -0.05) is 31.2 Å². The van der Waals surface area contributed by atoms with Crippen LogP contribution in [-0.2, 0) is 19.4 Å². The van der Waals surface area contributed by atoms with Crippen LogP contribution in [0.15, 0.2) is 54.9 Å². The van der Waals surface area contributed by atoms with Gasteiger partial charge in [0.05, 0.1) is 31.6 Å². The molecule has 180 valence electrons. The molecular formula is C25H28F2N4O3. The SMILES string of the molecule is CCc1cccc(CNC[C@@H](O)[C@H](Cc2cc(F)cc(F)c2)NC(=O)c2cncc(OC)n2)c1. The highest BCUT2D eigenvalue weighted by Crippen LogP contribution is 2.13. The molecule has 0 saturated heterocycles. The first-order valence-corrected chi connectivity index (χ1v) is 11.0. The second-order valence-electron chi connectivity index (χ2n) is 7.88. The normalized spacial score (nSPS) is 12.7. The average Bonchev–Trinajstić information content (AvgIpc) is 2.83. The molecule has 1 heterocycles. The van der Waals surface area contributed by atoms with Gasteiger partial charge in [-0.15, -0.1) is 0 Å². The predicted molar refractivity (Wildman–Crippen MR) is 123 cm³/mol. The fraction of sp³-hybridized carbons (Fsp3) is 0.320. The lowest BCUT2D eigenvalue weighted by Gasteiger charge is -2.25. The van der Waals surface area contributed by atoms with Crippen LogP contribution in [0.25, 0.3) is 0 Å². The minimum atomic E-state index is -1.05. The van der Waals surface area contributed by atoms with Crippen LogP contribution in [0, 0.1) is 11.6 Å². The number of halogens is 2. The quantitative estimate of drug-likeness (QED) is 0.399. The first-order valence-electron chi connectivity index (χ1n) is 11.0. The predicted octanol–water partition coefficient (Wildman–Crippen LogP) is 2.82. The summed E-state index contributed by atoms with van der Waals surface area (Å²) in [5.41, 5.74) is 2.56. The Bertz CT molecular complexity index is 1090. The molecule has 3 aromatic rings. The van der Waals surface area contributed by atoms with E-state index in [1.165, 1.54) is 37.2 Å². The fourth-order valence-electron chi connectivity index (χ4n) is 3.53. The summed E-state index contributed by atoms with van der Waals surface area (Å²) in [6.07, 6.45) is 2.50. The Morgan fingerprint density at radius 3 is 2.53 bits per heavy atom. The van der Waals surface area contributed by atoms with E-state index in [1.807, 2.05) is 18.2 Å². The summed E-state index contributed by atoms with van der Waals surface area (Å²) in [4.78, 5) is 20.7. The minimum absolute atomic E-state index is 0.00594. The molecule has 0 bridgehead atoms. The molecule has 9 heteroatoms. The molecule has 0 radical (unpaired) electrons. The summed E-state index contributed by atoms with van der Waals surface area (Å²) in [6, 6.07) is 10.3. The van der Waals surface area contributed by atoms with E-state index in [0.717, 1.165) is 18.1 Å². The third-order valence-corrected chi connectivity index (χ3v) is 5.30. The number of nitrogens with one attached hydrogen (secondary N) is 2. The summed E-state index contributed by atoms with van der Waals surface area (Å²) < 4.78 is 32.4. The summed E-state index contributed by atoms with van der Waals surface area (Å²) in [7, 11) is 1.40. The number of carbonyl (C=O) groups excluding carboxylic acids is 1. The van der Waals surface area contributed by atoms with Crippen LogP contribution in [0.2, 0.25) is 0 Å². The highest BCUT2D eigenvalue weighted by Gasteiger charge is 2.24. The van der Waals surface area contributed by atoms with Gasteiger partial charge in [-0.2, -0.15) is 0 Å². The van der Waals surface area contributed by atoms with Crippen molar-refractivity contribution in [3.05, 3.63) is 88.9 Å². The topological polar surface area (TPSA) is 96.4 Å². The first-order chi connectivity index (χ1) is 16.4. The Morgan fingerprint density at radius 2 is 1.82 bits per heavy atom. The number of methoxy groups -OCH3 is 1. The number of ether oxygens (including phenoxy) is 1. The molecule has 34 heavy (non-hydrogen) atoms. The Kier molecular flexibility index (Phi) is 9.00. The van der Waals surface area contributed by atoms with Gasteiger partial charge < -0.3 is 20.5 Å². The number of aliphatic hydroxyl groups excluding tert-OH is 1. The molecule has 0 fully saturated rings. The minimum Gasteiger partial charge on any atom is -0.480 e. The maximum Gasteiger partial charge on any atom is 0.271 e. The molecule has 2 aromatic carbocycles. The summed E-state index contributed by atoms with van der Waals surface area (Å²) in [5, 5.41) is 16.7. The lowest BCUT2D eigenvalue weighted by molar-refractivity contribution is 0.0824. The number of nitrogens with zero attached hydrogens (tertiary/aromatic N) is 2. The molecule has 0 unspecified atom stereocenters. The zero-order chi connectivity index (χ0) is 24.5. The zero-order valence-electron chi connectivity index (χ0n) is 19.1. The molecule has 3 N–H and O–H groups in total. The highest BCUT2D eigenvalue weighted by molar-refractivity contribution is 5.92. The van der Waals surface area contributed by atoms with Crippen LogP contribution in [0.3, 0.4) is 0 Å². The van der Waals surface area contributed by atoms with Gasteiger partial charge in [0.25, 0.3) is 5.91 Å². The standard InChI is InChI=1S/C25H28F2N4O3/c1-3-16-5-4-6-17(7-16)12-28-14-23(32)21(10-18-8-19(26)11-20(27)9-18)31-25(33)22-13-29-15-24(30-22)34-2/h4-9,11,13,15,21,23,28,32H,3,10,12,14H2,1-2H3,(H,31,33)/t21-,23+/m0/s1. The Balaban J connectivity index is 1.71. The number of aryl methyl sites for hydroxylation is 1. The maximum atomic E-state index is 13.7. The van der Waals surface area contributed by atoms with Gasteiger partial charge >= 0.3 is 0 Å². The van der Waals surface area contributed by atoms with Crippen LogP contribution in [0.5, 0.6) is 5.88 Å². The van der Waals surface area contributed by atoms with Crippen molar-refractivity contribution in [2.45, 2.75) is 38.5 Å². The van der Waals surface area contributed by atoms with E-state index >= 15 is 0 Å². The number of aliphatic hydroxyl groups is 1. The molecule has 0 spiro atoms. The fourth-order valence-corrected chi connectivity index (χ4v) is 3.53. The van der Waals surface area contributed by atoms with Crippen molar-refractivity contribution in [3.8, 4) is 5.88 Å². The lowest BCUT2D eigenvalue weighted by Crippen LogP contribution is -2.48. The van der Waals surface area contributed by atoms with Gasteiger partial charge in [0, 0.05) is 19.2 Å². The second kappa shape index (κ2) is 12.2. The molecule has 1 amide bonds. The van der Waals surface area contributed by atoms with E-state index in [4.69, 9.17) is 4.74 Å². The molecule has 1 aromatic heterocycles. The second-order valence-corrected chi connectivity index (χ2v) is 7.88. The molecule has 3 rings (SSSR count). The zero-order valence-corrected chi connectivity index (χ0v) is 19.1. The number of aromatic nitrogens is 2. The molecule has 0 aliphatic carbocycles. The van der Waals surface area contributed by atoms with Crippen LogP contribution in [-0.4, -0.2) is 46.8 Å². The van der Waals surface area contributed by atoms with E-state index in [1.54, 1.807) is 0 Å². The van der Waals surface area contributed by atoms with Crippen LogP contribution >= 0.6 is 0 Å². The van der Waals surface area contributed by atoms with Crippen LogP contribution < -0.4 is 15.4 Å². The summed E-state index contributed by atoms with van der Waals surface area (Å²) in [6.45, 7) is 2.73. The van der Waals surface area contributed by atoms with E-state index < -0.39 is 29.7 Å². The number of rotatable bonds is 11. The third kappa shape index (κ3) is 7.29. The van der Waals surface area contributed by atoms with E-state index in [0.29, 0.717) is 12.1 Å². The van der Waals surface area contributed by atoms with Gasteiger partial charge in [0.2, 0.25) is 5.88 Å². The number of carbonyl (C=O) groups is 1. The van der Waals surface area contributed by atoms with E-state index in [2.05, 4.69) is 33.6 Å². The number of hydrogen-bond donors (Lipinski definition) is 3. The number of hydrogen-bond acceptors (Lipinski definition) is 6. The van der Waals surface area contributed by atoms with Crippen molar-refractivity contribution in [1.29, 1.82) is 0 Å². The van der Waals surface area contributed by atoms with Gasteiger partial charge in [-0.25, -0.2) is 13.8 Å². The van der Waals surface area contributed by atoms with Crippen LogP contribution in [0.4, 0.5) is 8.78 Å². The van der Waals surface area contributed by atoms with Gasteiger partial charge in [0.15, 0.2) is 0 Å². The van der Waals surface area contributed by atoms with Crippen LogP contribution in [0.1, 0.15) is 34.1 Å². The van der Waals surface area contributed by atoms with Crippen molar-refractivity contribution >= 4 is 5.91 Å². The third-order valence-electron chi connectivity index (χ3n) is 5.30. The number of amides is 1. The van der Waals surface area contributed by atoms with Crippen molar-refractivity contribution in [2.75, 3.05) is 13.7 Å². The monoisotopic (exact) mass is 470 g/mol. The molecule has 2 atom stereocenters. The molecular weight excluding hydrogens is 442 g/mol. The van der Waals surface area contributed by atoms with Crippen molar-refractivity contribution < 1.29 is 23.4 Å². The lowest BCUT2D eigenvalue weighted by atomic mass is 10.00. The van der Waals surface area contributed by atoms with Crippen molar-refractivity contribution in [2.24, 2.45) is 0 Å². The van der Waals surface area contributed by atoms with Gasteiger partial charge in [-0.3, -0.25) is 9.78 Å². The van der Waals surface area contributed by atoms with Gasteiger partial charge in [0.1, 0.15) is 17.3 Å². The Hall–Kier alpha value is -3.43. The largest absolute Gasteiger partial charge is 0.480 e. The number of benzene rings is 2. The molecule has 0 saturated carbocycles. The molecule has 7 nitrogen and oxygen atoms in total. The highest BCUT2D eigenvalue weighted by atomic mass is 19.1. The average molecular weight is 471 g/mol. The van der Waals surface area contributed by atoms with E-state index in [9.17, 15) is 18.7 Å². The van der Waals surface area contributed by atoms with Crippen molar-refractivity contribution in [1.82, 2.24) is 20.6 Å².